The van der Waals surface area contributed by atoms with E-state index in [0.717, 1.165) is 36.8 Å². The van der Waals surface area contributed by atoms with Crippen molar-refractivity contribution in [2.75, 3.05) is 18.1 Å². The summed E-state index contributed by atoms with van der Waals surface area (Å²) in [7, 11) is 0. The first-order valence-corrected chi connectivity index (χ1v) is 10.9. The van der Waals surface area contributed by atoms with E-state index in [1.54, 1.807) is 48.5 Å². The zero-order valence-corrected chi connectivity index (χ0v) is 18.3. The zero-order chi connectivity index (χ0) is 22.9. The fourth-order valence-electron chi connectivity index (χ4n) is 3.74. The molecule has 0 saturated heterocycles. The highest BCUT2D eigenvalue weighted by Gasteiger charge is 2.27. The van der Waals surface area contributed by atoms with Crippen LogP contribution >= 0.6 is 0 Å². The molecule has 0 atom stereocenters. The summed E-state index contributed by atoms with van der Waals surface area (Å²) < 4.78 is 16.4. The van der Waals surface area contributed by atoms with Gasteiger partial charge in [0.05, 0.1) is 12.0 Å². The van der Waals surface area contributed by atoms with Crippen molar-refractivity contribution in [2.45, 2.75) is 45.3 Å². The molecule has 3 rings (SSSR count). The van der Waals surface area contributed by atoms with E-state index in [4.69, 9.17) is 25.7 Å². The Morgan fingerprint density at radius 2 is 1.66 bits per heavy atom. The van der Waals surface area contributed by atoms with Crippen LogP contribution in [0.15, 0.2) is 48.5 Å². The maximum atomic E-state index is 12.4. The van der Waals surface area contributed by atoms with Crippen LogP contribution < -0.4 is 16.2 Å². The summed E-state index contributed by atoms with van der Waals surface area (Å²) >= 11 is 0. The van der Waals surface area contributed by atoms with Crippen molar-refractivity contribution in [1.29, 1.82) is 0 Å². The molecule has 1 aliphatic carbocycles. The summed E-state index contributed by atoms with van der Waals surface area (Å²) in [5, 5.41) is 0. The summed E-state index contributed by atoms with van der Waals surface area (Å²) in [5.41, 5.74) is 14.0. The van der Waals surface area contributed by atoms with Gasteiger partial charge >= 0.3 is 11.9 Å². The molecule has 0 bridgehead atoms. The Labute approximate surface area is 188 Å². The van der Waals surface area contributed by atoms with Crippen molar-refractivity contribution in [3.63, 3.8) is 0 Å². The number of esters is 2. The van der Waals surface area contributed by atoms with E-state index in [0.29, 0.717) is 23.7 Å². The average molecular weight is 439 g/mol. The highest BCUT2D eigenvalue weighted by atomic mass is 16.5. The number of nitrogen functional groups attached to an aromatic ring is 2. The lowest BCUT2D eigenvalue weighted by molar-refractivity contribution is -0.141. The molecular formula is C25H30N2O5. The van der Waals surface area contributed by atoms with E-state index >= 15 is 0 Å². The number of nitrogens with two attached hydrogens (primary N) is 2. The Morgan fingerprint density at radius 3 is 2.28 bits per heavy atom. The SMILES string of the molecule is CCOC1CCC(C(=O)Oc2ccc(C=CC(=O)OCc3cc(N)cc(N)c3)cc2)CC1. The average Bonchev–Trinajstić information content (AvgIpc) is 2.77. The van der Waals surface area contributed by atoms with Gasteiger partial charge in [-0.05, 0) is 80.1 Å². The van der Waals surface area contributed by atoms with Crippen LogP contribution in [0.2, 0.25) is 0 Å². The lowest BCUT2D eigenvalue weighted by Crippen LogP contribution is -2.28. The van der Waals surface area contributed by atoms with Crippen molar-refractivity contribution >= 4 is 29.4 Å². The number of benzene rings is 2. The molecule has 0 unspecified atom stereocenters. The minimum Gasteiger partial charge on any atom is -0.458 e. The molecule has 170 valence electrons. The number of anilines is 2. The van der Waals surface area contributed by atoms with Crippen molar-refractivity contribution < 1.29 is 23.8 Å². The lowest BCUT2D eigenvalue weighted by atomic mass is 9.87. The largest absolute Gasteiger partial charge is 0.458 e. The van der Waals surface area contributed by atoms with Crippen LogP contribution in [0, 0.1) is 5.92 Å². The second kappa shape index (κ2) is 11.3. The molecule has 0 aromatic heterocycles. The predicted molar refractivity (Wildman–Crippen MR) is 124 cm³/mol. The first-order chi connectivity index (χ1) is 15.4. The topological polar surface area (TPSA) is 114 Å². The van der Waals surface area contributed by atoms with Gasteiger partial charge in [-0.1, -0.05) is 12.1 Å². The first-order valence-electron chi connectivity index (χ1n) is 10.9. The Bertz CT molecular complexity index is 927. The molecule has 0 heterocycles. The van der Waals surface area contributed by atoms with Crippen molar-refractivity contribution in [3.8, 4) is 5.75 Å². The maximum Gasteiger partial charge on any atom is 0.331 e. The highest BCUT2D eigenvalue weighted by Crippen LogP contribution is 2.28. The molecule has 0 radical (unpaired) electrons. The van der Waals surface area contributed by atoms with E-state index in [2.05, 4.69) is 0 Å². The van der Waals surface area contributed by atoms with E-state index in [9.17, 15) is 9.59 Å². The van der Waals surface area contributed by atoms with Crippen molar-refractivity contribution in [3.05, 3.63) is 59.7 Å². The van der Waals surface area contributed by atoms with Crippen LogP contribution in [0.4, 0.5) is 11.4 Å². The number of rotatable bonds is 8. The van der Waals surface area contributed by atoms with Gasteiger partial charge in [-0.15, -0.1) is 0 Å². The molecule has 1 aliphatic rings. The van der Waals surface area contributed by atoms with Gasteiger partial charge in [0.1, 0.15) is 12.4 Å². The third-order valence-corrected chi connectivity index (χ3v) is 5.34. The maximum absolute atomic E-state index is 12.4. The minimum atomic E-state index is -0.482. The van der Waals surface area contributed by atoms with Gasteiger partial charge in [-0.2, -0.15) is 0 Å². The molecule has 0 amide bonds. The fourth-order valence-corrected chi connectivity index (χ4v) is 3.74. The second-order valence-electron chi connectivity index (χ2n) is 7.87. The molecule has 2 aromatic rings. The fraction of sp³-hybridized carbons (Fsp3) is 0.360. The molecule has 1 fully saturated rings. The molecule has 7 heteroatoms. The van der Waals surface area contributed by atoms with E-state index in [1.165, 1.54) is 6.08 Å². The van der Waals surface area contributed by atoms with Gasteiger partial charge < -0.3 is 25.7 Å². The first kappa shape index (κ1) is 23.3. The molecule has 32 heavy (non-hydrogen) atoms. The Morgan fingerprint density at radius 1 is 1.00 bits per heavy atom. The Hall–Kier alpha value is -3.32. The molecule has 7 nitrogen and oxygen atoms in total. The van der Waals surface area contributed by atoms with E-state index in [-0.39, 0.29) is 24.6 Å². The molecule has 2 aromatic carbocycles. The predicted octanol–water partition coefficient (Wildman–Crippen LogP) is 4.11. The van der Waals surface area contributed by atoms with Crippen LogP contribution in [0.1, 0.15) is 43.7 Å². The normalized spacial score (nSPS) is 18.4. The van der Waals surface area contributed by atoms with Gasteiger partial charge in [0, 0.05) is 24.1 Å². The molecule has 1 saturated carbocycles. The Kier molecular flexibility index (Phi) is 8.27. The monoisotopic (exact) mass is 438 g/mol. The van der Waals surface area contributed by atoms with Gasteiger partial charge in [0.2, 0.25) is 0 Å². The number of carbonyl (C=O) groups is 2. The Balaban J connectivity index is 1.45. The van der Waals surface area contributed by atoms with Crippen molar-refractivity contribution in [1.82, 2.24) is 0 Å². The highest BCUT2D eigenvalue weighted by molar-refractivity contribution is 5.87. The smallest absolute Gasteiger partial charge is 0.331 e. The molecule has 0 aliphatic heterocycles. The summed E-state index contributed by atoms with van der Waals surface area (Å²) in [6.45, 7) is 2.77. The van der Waals surface area contributed by atoms with Crippen LogP contribution in [0.3, 0.4) is 0 Å². The quantitative estimate of drug-likeness (QED) is 0.276. The van der Waals surface area contributed by atoms with E-state index < -0.39 is 5.97 Å². The lowest BCUT2D eigenvalue weighted by Gasteiger charge is -2.26. The third-order valence-electron chi connectivity index (χ3n) is 5.34. The van der Waals surface area contributed by atoms with Crippen LogP contribution in [-0.2, 0) is 25.7 Å². The van der Waals surface area contributed by atoms with Crippen LogP contribution in [-0.4, -0.2) is 24.6 Å². The van der Waals surface area contributed by atoms with Gasteiger partial charge in [-0.3, -0.25) is 4.79 Å². The van der Waals surface area contributed by atoms with Gasteiger partial charge in [0.15, 0.2) is 0 Å². The number of ether oxygens (including phenoxy) is 3. The summed E-state index contributed by atoms with van der Waals surface area (Å²) in [6, 6.07) is 12.0. The van der Waals surface area contributed by atoms with Crippen LogP contribution in [0.5, 0.6) is 5.75 Å². The summed E-state index contributed by atoms with van der Waals surface area (Å²) in [5.74, 6) is -0.282. The van der Waals surface area contributed by atoms with Gasteiger partial charge in [-0.25, -0.2) is 4.79 Å². The standard InChI is InChI=1S/C25H30N2O5/c1-2-30-22-10-6-19(7-11-22)25(29)32-23-8-3-17(4-9-23)5-12-24(28)31-16-18-13-20(26)15-21(27)14-18/h3-5,8-9,12-15,19,22H,2,6-7,10-11,16,26-27H2,1H3. The molecular weight excluding hydrogens is 408 g/mol. The van der Waals surface area contributed by atoms with Crippen LogP contribution in [0.25, 0.3) is 6.08 Å². The van der Waals surface area contributed by atoms with Gasteiger partial charge in [0.25, 0.3) is 0 Å². The van der Waals surface area contributed by atoms with Crippen molar-refractivity contribution in [2.24, 2.45) is 5.92 Å². The van der Waals surface area contributed by atoms with E-state index in [1.807, 2.05) is 6.92 Å². The number of hydrogen-bond acceptors (Lipinski definition) is 7. The molecule has 0 spiro atoms. The minimum absolute atomic E-state index is 0.0831. The zero-order valence-electron chi connectivity index (χ0n) is 18.3. The molecule has 4 N–H and O–H groups in total. The number of carbonyl (C=O) groups excluding carboxylic acids is 2. The summed E-state index contributed by atoms with van der Waals surface area (Å²) in [4.78, 5) is 24.4. The second-order valence-corrected chi connectivity index (χ2v) is 7.87. The summed E-state index contributed by atoms with van der Waals surface area (Å²) in [6.07, 6.45) is 6.58. The third kappa shape index (κ3) is 7.13. The number of hydrogen-bond donors (Lipinski definition) is 2.